The van der Waals surface area contributed by atoms with Gasteiger partial charge >= 0.3 is 0 Å². The fraction of sp³-hybridized carbons (Fsp3) is 0.222. The molecule has 0 aliphatic rings. The molecule has 5 heteroatoms. The Morgan fingerprint density at radius 1 is 1.64 bits per heavy atom. The Hall–Kier alpha value is -2.18. The molecule has 1 rings (SSSR count). The van der Waals surface area contributed by atoms with Crippen LogP contribution in [0.25, 0.3) is 10.4 Å². The molecule has 0 saturated carbocycles. The van der Waals surface area contributed by atoms with E-state index in [1.165, 1.54) is 0 Å². The third-order valence-corrected chi connectivity index (χ3v) is 1.39. The van der Waals surface area contributed by atoms with Crippen molar-refractivity contribution < 1.29 is 4.74 Å². The molecule has 0 aliphatic carbocycles. The molecular weight excluding hydrogens is 180 g/mol. The van der Waals surface area contributed by atoms with Gasteiger partial charge in [0, 0.05) is 22.7 Å². The van der Waals surface area contributed by atoms with Crippen molar-refractivity contribution in [2.45, 2.75) is 0 Å². The number of nitrogens with zero attached hydrogens (tertiary/aromatic N) is 4. The lowest BCUT2D eigenvalue weighted by atomic mass is 10.3. The SMILES string of the molecule is COc1ccc(C#CCN=[N+]=[N-])cn1. The standard InChI is InChI=1S/C9H8N4O/c1-14-9-5-4-8(7-11-9)3-2-6-12-13-10/h4-5,7H,6H2,1H3. The molecule has 70 valence electrons. The number of methoxy groups -OCH3 is 1. The summed E-state index contributed by atoms with van der Waals surface area (Å²) in [6.07, 6.45) is 1.60. The molecule has 0 saturated heterocycles. The van der Waals surface area contributed by atoms with Crippen LogP contribution in [-0.4, -0.2) is 18.6 Å². The number of aromatic nitrogens is 1. The van der Waals surface area contributed by atoms with Crippen LogP contribution in [0.15, 0.2) is 23.4 Å². The minimum Gasteiger partial charge on any atom is -0.481 e. The lowest BCUT2D eigenvalue weighted by Crippen LogP contribution is -1.86. The number of hydrogen-bond acceptors (Lipinski definition) is 3. The molecule has 0 aliphatic heterocycles. The highest BCUT2D eigenvalue weighted by atomic mass is 16.5. The van der Waals surface area contributed by atoms with Gasteiger partial charge in [-0.1, -0.05) is 17.0 Å². The van der Waals surface area contributed by atoms with E-state index in [0.29, 0.717) is 5.88 Å². The van der Waals surface area contributed by atoms with Gasteiger partial charge in [0.05, 0.1) is 13.7 Å². The Kier molecular flexibility index (Phi) is 3.86. The Morgan fingerprint density at radius 2 is 2.50 bits per heavy atom. The number of rotatable bonds is 2. The first-order chi connectivity index (χ1) is 6.86. The summed E-state index contributed by atoms with van der Waals surface area (Å²) in [6, 6.07) is 3.51. The molecule has 1 aromatic rings. The van der Waals surface area contributed by atoms with Gasteiger partial charge in [-0.05, 0) is 11.6 Å². The maximum absolute atomic E-state index is 7.99. The van der Waals surface area contributed by atoms with Gasteiger partial charge in [0.1, 0.15) is 0 Å². The lowest BCUT2D eigenvalue weighted by molar-refractivity contribution is 0.398. The summed E-state index contributed by atoms with van der Waals surface area (Å²) in [4.78, 5) is 6.55. The normalized spacial score (nSPS) is 8.07. The van der Waals surface area contributed by atoms with Crippen LogP contribution >= 0.6 is 0 Å². The van der Waals surface area contributed by atoms with Gasteiger partial charge in [0.25, 0.3) is 0 Å². The topological polar surface area (TPSA) is 70.9 Å². The van der Waals surface area contributed by atoms with E-state index in [-0.39, 0.29) is 6.54 Å². The van der Waals surface area contributed by atoms with Crippen molar-refractivity contribution in [3.05, 3.63) is 34.3 Å². The molecule has 5 nitrogen and oxygen atoms in total. The minimum atomic E-state index is 0.169. The molecule has 0 radical (unpaired) electrons. The van der Waals surface area contributed by atoms with Crippen LogP contribution in [0.3, 0.4) is 0 Å². The fourth-order valence-electron chi connectivity index (χ4n) is 0.784. The summed E-state index contributed by atoms with van der Waals surface area (Å²) in [5, 5.41) is 3.28. The molecule has 14 heavy (non-hydrogen) atoms. The van der Waals surface area contributed by atoms with Crippen LogP contribution in [0.1, 0.15) is 5.56 Å². The van der Waals surface area contributed by atoms with Gasteiger partial charge in [0.2, 0.25) is 5.88 Å². The molecule has 0 atom stereocenters. The zero-order chi connectivity index (χ0) is 10.2. The first-order valence-electron chi connectivity index (χ1n) is 3.86. The highest BCUT2D eigenvalue weighted by molar-refractivity contribution is 5.33. The van der Waals surface area contributed by atoms with Crippen LogP contribution in [0.2, 0.25) is 0 Å². The van der Waals surface area contributed by atoms with Crippen LogP contribution in [0, 0.1) is 11.8 Å². The predicted octanol–water partition coefficient (Wildman–Crippen LogP) is 1.75. The second-order valence-corrected chi connectivity index (χ2v) is 2.28. The lowest BCUT2D eigenvalue weighted by Gasteiger charge is -1.95. The summed E-state index contributed by atoms with van der Waals surface area (Å²) in [5.74, 6) is 6.03. The molecule has 0 bridgehead atoms. The third-order valence-electron chi connectivity index (χ3n) is 1.39. The van der Waals surface area contributed by atoms with Crippen molar-refractivity contribution in [2.24, 2.45) is 5.11 Å². The van der Waals surface area contributed by atoms with E-state index in [1.54, 1.807) is 25.4 Å². The van der Waals surface area contributed by atoms with Crippen LogP contribution in [0.4, 0.5) is 0 Å². The molecule has 0 unspecified atom stereocenters. The summed E-state index contributed by atoms with van der Waals surface area (Å²) in [5.41, 5.74) is 8.76. The number of ether oxygens (including phenoxy) is 1. The average molecular weight is 188 g/mol. The summed E-state index contributed by atoms with van der Waals surface area (Å²) in [7, 11) is 1.55. The molecule has 1 aromatic heterocycles. The number of azide groups is 1. The average Bonchev–Trinajstić information content (AvgIpc) is 2.25. The van der Waals surface area contributed by atoms with Crippen molar-refractivity contribution in [1.29, 1.82) is 0 Å². The van der Waals surface area contributed by atoms with E-state index in [1.807, 2.05) is 0 Å². The van der Waals surface area contributed by atoms with E-state index in [0.717, 1.165) is 5.56 Å². The van der Waals surface area contributed by atoms with E-state index in [2.05, 4.69) is 26.9 Å². The van der Waals surface area contributed by atoms with E-state index in [4.69, 9.17) is 10.3 Å². The molecule has 0 N–H and O–H groups in total. The Balaban J connectivity index is 2.66. The van der Waals surface area contributed by atoms with Crippen molar-refractivity contribution in [3.63, 3.8) is 0 Å². The minimum absolute atomic E-state index is 0.169. The summed E-state index contributed by atoms with van der Waals surface area (Å²) >= 11 is 0. The van der Waals surface area contributed by atoms with Crippen molar-refractivity contribution in [2.75, 3.05) is 13.7 Å². The molecule has 0 fully saturated rings. The molecule has 0 aromatic carbocycles. The second-order valence-electron chi connectivity index (χ2n) is 2.28. The highest BCUT2D eigenvalue weighted by Crippen LogP contribution is 2.04. The van der Waals surface area contributed by atoms with Crippen LogP contribution in [0.5, 0.6) is 5.88 Å². The zero-order valence-corrected chi connectivity index (χ0v) is 7.64. The first-order valence-corrected chi connectivity index (χ1v) is 3.86. The van der Waals surface area contributed by atoms with Crippen molar-refractivity contribution >= 4 is 0 Å². The Bertz CT molecular complexity index is 395. The smallest absolute Gasteiger partial charge is 0.212 e. The number of pyridine rings is 1. The van der Waals surface area contributed by atoms with Crippen LogP contribution in [-0.2, 0) is 0 Å². The quantitative estimate of drug-likeness (QED) is 0.307. The largest absolute Gasteiger partial charge is 0.481 e. The Morgan fingerprint density at radius 3 is 3.07 bits per heavy atom. The molecule has 1 heterocycles. The van der Waals surface area contributed by atoms with Crippen molar-refractivity contribution in [3.8, 4) is 17.7 Å². The van der Waals surface area contributed by atoms with Gasteiger partial charge in [-0.2, -0.15) is 0 Å². The molecule has 0 spiro atoms. The van der Waals surface area contributed by atoms with Gasteiger partial charge < -0.3 is 4.74 Å². The maximum Gasteiger partial charge on any atom is 0.212 e. The first kappa shape index (κ1) is 9.90. The van der Waals surface area contributed by atoms with E-state index in [9.17, 15) is 0 Å². The monoisotopic (exact) mass is 188 g/mol. The highest BCUT2D eigenvalue weighted by Gasteiger charge is 1.90. The summed E-state index contributed by atoms with van der Waals surface area (Å²) in [6.45, 7) is 0.169. The predicted molar refractivity (Wildman–Crippen MR) is 51.7 cm³/mol. The van der Waals surface area contributed by atoms with E-state index < -0.39 is 0 Å². The zero-order valence-electron chi connectivity index (χ0n) is 7.64. The number of hydrogen-bond donors (Lipinski definition) is 0. The second kappa shape index (κ2) is 5.46. The molecular formula is C9H8N4O. The van der Waals surface area contributed by atoms with Gasteiger partial charge in [0.15, 0.2) is 0 Å². The van der Waals surface area contributed by atoms with Crippen molar-refractivity contribution in [1.82, 2.24) is 4.98 Å². The van der Waals surface area contributed by atoms with Gasteiger partial charge in [-0.15, -0.1) is 0 Å². The van der Waals surface area contributed by atoms with Gasteiger partial charge in [-0.3, -0.25) is 0 Å². The van der Waals surface area contributed by atoms with Gasteiger partial charge in [-0.25, -0.2) is 4.98 Å². The van der Waals surface area contributed by atoms with Crippen LogP contribution < -0.4 is 4.74 Å². The van der Waals surface area contributed by atoms with E-state index >= 15 is 0 Å². The maximum atomic E-state index is 7.99. The fourth-order valence-corrected chi connectivity index (χ4v) is 0.784. The third kappa shape index (κ3) is 3.05. The Labute approximate surface area is 81.4 Å². The molecule has 0 amide bonds. The summed E-state index contributed by atoms with van der Waals surface area (Å²) < 4.78 is 4.89.